The van der Waals surface area contributed by atoms with E-state index in [0.717, 1.165) is 18.4 Å². The highest BCUT2D eigenvalue weighted by molar-refractivity contribution is 6.01. The van der Waals surface area contributed by atoms with Crippen LogP contribution in [-0.2, 0) is 9.59 Å². The van der Waals surface area contributed by atoms with Gasteiger partial charge >= 0.3 is 5.97 Å². The molecule has 0 spiro atoms. The average molecular weight is 419 g/mol. The molecule has 4 aliphatic rings. The molecule has 0 heterocycles. The van der Waals surface area contributed by atoms with Gasteiger partial charge < -0.3 is 20.4 Å². The number of hydrogen-bond donors (Lipinski definition) is 4. The Kier molecular flexibility index (Phi) is 5.27. The van der Waals surface area contributed by atoms with Crippen LogP contribution in [0.15, 0.2) is 23.8 Å². The quantitative estimate of drug-likeness (QED) is 0.557. The van der Waals surface area contributed by atoms with Gasteiger partial charge in [-0.15, -0.1) is 0 Å². The molecule has 166 valence electrons. The van der Waals surface area contributed by atoms with Gasteiger partial charge in [0.2, 0.25) is 0 Å². The highest BCUT2D eigenvalue weighted by Gasteiger charge is 2.64. The number of carboxylic acids is 1. The number of hydrogen-bond acceptors (Lipinski definition) is 5. The molecule has 4 aliphatic carbocycles. The molecule has 0 saturated heterocycles. The van der Waals surface area contributed by atoms with Gasteiger partial charge in [0.05, 0.1) is 24.7 Å². The average Bonchev–Trinajstić information content (AvgIpc) is 3.01. The molecule has 0 aromatic carbocycles. The normalized spacial score (nSPS) is 47.0. The molecule has 4 rings (SSSR count). The van der Waals surface area contributed by atoms with Gasteiger partial charge in [0.25, 0.3) is 0 Å². The molecule has 6 nitrogen and oxygen atoms in total. The van der Waals surface area contributed by atoms with E-state index in [0.29, 0.717) is 12.8 Å². The van der Waals surface area contributed by atoms with E-state index in [2.05, 4.69) is 13.8 Å². The Bertz CT molecular complexity index is 802. The molecule has 3 fully saturated rings. The highest BCUT2D eigenvalue weighted by Crippen LogP contribution is 2.67. The van der Waals surface area contributed by atoms with E-state index in [-0.39, 0.29) is 47.2 Å². The number of ketones is 1. The first-order valence-corrected chi connectivity index (χ1v) is 11.2. The Balaban J connectivity index is 1.67. The van der Waals surface area contributed by atoms with Crippen LogP contribution in [0, 0.1) is 40.4 Å². The van der Waals surface area contributed by atoms with Crippen LogP contribution in [0.3, 0.4) is 0 Å². The smallest absolute Gasteiger partial charge is 0.305 e. The van der Waals surface area contributed by atoms with Gasteiger partial charge in [-0.25, -0.2) is 0 Å². The molecule has 1 unspecified atom stereocenters. The van der Waals surface area contributed by atoms with Crippen molar-refractivity contribution in [3.63, 3.8) is 0 Å². The fourth-order valence-electron chi connectivity index (χ4n) is 7.67. The molecule has 30 heavy (non-hydrogen) atoms. The van der Waals surface area contributed by atoms with E-state index in [1.165, 1.54) is 0 Å². The molecule has 0 aromatic heterocycles. The first kappa shape index (κ1) is 21.7. The fourth-order valence-corrected chi connectivity index (χ4v) is 7.67. The maximum Gasteiger partial charge on any atom is 0.305 e. The molecular weight excluding hydrogens is 384 g/mol. The van der Waals surface area contributed by atoms with Crippen LogP contribution < -0.4 is 0 Å². The number of rotatable bonds is 4. The topological polar surface area (TPSA) is 115 Å². The standard InChI is InChI=1S/C24H34O6/c1-12(18(26)11-21(29)30)15-4-5-16-22-17(10-20(28)24(15,16)3)23(2)7-6-14(25)8-13(23)9-19(22)27/h6-8,12,15-20,22,26-28H,4-5,9-11H2,1-3H3,(H,29,30)/t12-,15+,16-,17-,18?,19+,20-,22-,23-,24+/m0/s1. The van der Waals surface area contributed by atoms with Crippen molar-refractivity contribution in [1.29, 1.82) is 0 Å². The summed E-state index contributed by atoms with van der Waals surface area (Å²) >= 11 is 0. The Hall–Kier alpha value is -1.50. The summed E-state index contributed by atoms with van der Waals surface area (Å²) in [4.78, 5) is 23.0. The molecule has 0 aliphatic heterocycles. The van der Waals surface area contributed by atoms with Crippen LogP contribution in [0.2, 0.25) is 0 Å². The number of aliphatic hydroxyl groups is 3. The lowest BCUT2D eigenvalue weighted by atomic mass is 9.45. The molecule has 0 aromatic rings. The molecule has 10 atom stereocenters. The molecule has 3 saturated carbocycles. The number of carboxylic acid groups (broad SMARTS) is 1. The van der Waals surface area contributed by atoms with E-state index in [1.807, 2.05) is 13.0 Å². The van der Waals surface area contributed by atoms with Crippen LogP contribution in [-0.4, -0.2) is 50.5 Å². The summed E-state index contributed by atoms with van der Waals surface area (Å²) in [6, 6.07) is 0. The number of carbonyl (C=O) groups is 2. The minimum absolute atomic E-state index is 0.00628. The lowest BCUT2D eigenvalue weighted by Gasteiger charge is -2.60. The van der Waals surface area contributed by atoms with Gasteiger partial charge in [0.1, 0.15) is 0 Å². The highest BCUT2D eigenvalue weighted by atomic mass is 16.4. The minimum atomic E-state index is -1.02. The second-order valence-corrected chi connectivity index (χ2v) is 10.6. The van der Waals surface area contributed by atoms with Crippen molar-refractivity contribution in [2.24, 2.45) is 40.4 Å². The Morgan fingerprint density at radius 1 is 1.23 bits per heavy atom. The van der Waals surface area contributed by atoms with Gasteiger partial charge in [-0.1, -0.05) is 32.4 Å². The van der Waals surface area contributed by atoms with Gasteiger partial charge in [0.15, 0.2) is 5.78 Å². The lowest BCUT2D eigenvalue weighted by Crippen LogP contribution is -2.60. The predicted molar refractivity (Wildman–Crippen MR) is 110 cm³/mol. The summed E-state index contributed by atoms with van der Waals surface area (Å²) in [7, 11) is 0. The molecule has 4 N–H and O–H groups in total. The molecule has 6 heteroatoms. The Labute approximate surface area is 177 Å². The minimum Gasteiger partial charge on any atom is -0.481 e. The zero-order valence-corrected chi connectivity index (χ0v) is 18.0. The molecule has 0 radical (unpaired) electrons. The lowest BCUT2D eigenvalue weighted by molar-refractivity contribution is -0.165. The van der Waals surface area contributed by atoms with Gasteiger partial charge in [-0.05, 0) is 72.8 Å². The van der Waals surface area contributed by atoms with Gasteiger partial charge in [0, 0.05) is 5.41 Å². The molecular formula is C24H34O6. The van der Waals surface area contributed by atoms with Crippen molar-refractivity contribution < 1.29 is 30.0 Å². The van der Waals surface area contributed by atoms with E-state index in [4.69, 9.17) is 5.11 Å². The van der Waals surface area contributed by atoms with Crippen LogP contribution in [0.1, 0.15) is 52.9 Å². The van der Waals surface area contributed by atoms with E-state index < -0.39 is 29.7 Å². The first-order chi connectivity index (χ1) is 14.0. The number of aliphatic carboxylic acids is 1. The zero-order valence-electron chi connectivity index (χ0n) is 18.0. The number of allylic oxidation sites excluding steroid dienone is 3. The van der Waals surface area contributed by atoms with Crippen molar-refractivity contribution in [2.45, 2.75) is 71.2 Å². The summed E-state index contributed by atoms with van der Waals surface area (Å²) in [5.41, 5.74) is 0.138. The van der Waals surface area contributed by atoms with Crippen LogP contribution in [0.25, 0.3) is 0 Å². The van der Waals surface area contributed by atoms with E-state index in [1.54, 1.807) is 12.2 Å². The van der Waals surface area contributed by atoms with Crippen molar-refractivity contribution in [3.8, 4) is 0 Å². The zero-order chi connectivity index (χ0) is 22.0. The van der Waals surface area contributed by atoms with Crippen LogP contribution >= 0.6 is 0 Å². The molecule has 0 bridgehead atoms. The van der Waals surface area contributed by atoms with Crippen molar-refractivity contribution in [2.75, 3.05) is 0 Å². The summed E-state index contributed by atoms with van der Waals surface area (Å²) in [6.07, 6.45) is 5.46. The fraction of sp³-hybridized carbons (Fsp3) is 0.750. The predicted octanol–water partition coefficient (Wildman–Crippen LogP) is 2.32. The third kappa shape index (κ3) is 3.02. The first-order valence-electron chi connectivity index (χ1n) is 11.2. The maximum atomic E-state index is 11.9. The summed E-state index contributed by atoms with van der Waals surface area (Å²) < 4.78 is 0. The third-order valence-electron chi connectivity index (χ3n) is 9.38. The summed E-state index contributed by atoms with van der Waals surface area (Å²) in [5.74, 6) is -1.18. The van der Waals surface area contributed by atoms with Crippen molar-refractivity contribution in [3.05, 3.63) is 23.8 Å². The van der Waals surface area contributed by atoms with Crippen molar-refractivity contribution >= 4 is 11.8 Å². The van der Waals surface area contributed by atoms with Crippen LogP contribution in [0.4, 0.5) is 0 Å². The van der Waals surface area contributed by atoms with E-state index >= 15 is 0 Å². The largest absolute Gasteiger partial charge is 0.481 e. The van der Waals surface area contributed by atoms with Crippen LogP contribution in [0.5, 0.6) is 0 Å². The Morgan fingerprint density at radius 2 is 1.93 bits per heavy atom. The number of fused-ring (bicyclic) bond motifs is 5. The maximum absolute atomic E-state index is 11.9. The van der Waals surface area contributed by atoms with Gasteiger partial charge in [-0.2, -0.15) is 0 Å². The summed E-state index contributed by atoms with van der Waals surface area (Å²) in [5, 5.41) is 42.1. The second-order valence-electron chi connectivity index (χ2n) is 10.6. The van der Waals surface area contributed by atoms with E-state index in [9.17, 15) is 24.9 Å². The summed E-state index contributed by atoms with van der Waals surface area (Å²) in [6.45, 7) is 6.08. The monoisotopic (exact) mass is 418 g/mol. The molecule has 0 amide bonds. The second kappa shape index (κ2) is 7.28. The number of aliphatic hydroxyl groups excluding tert-OH is 3. The van der Waals surface area contributed by atoms with Crippen molar-refractivity contribution in [1.82, 2.24) is 0 Å². The number of carbonyl (C=O) groups excluding carboxylic acids is 1. The Morgan fingerprint density at radius 3 is 2.60 bits per heavy atom. The SMILES string of the molecule is C[C@H](C(O)CC(=O)O)[C@H]1CC[C@H]2[C@@H]3[C@H](O)CC4=CC(=O)C=C[C@]4(C)[C@H]3C[C@H](O)[C@]12C. The third-order valence-corrected chi connectivity index (χ3v) is 9.38. The van der Waals surface area contributed by atoms with Gasteiger partial charge in [-0.3, -0.25) is 9.59 Å².